The van der Waals surface area contributed by atoms with E-state index in [1.54, 1.807) is 12.1 Å². The Morgan fingerprint density at radius 3 is 2.03 bits per heavy atom. The highest BCUT2D eigenvalue weighted by molar-refractivity contribution is 6.62. The second-order valence-corrected chi connectivity index (χ2v) is 7.25. The number of benzene rings is 4. The molecular formula is C24H16BNO3. The maximum Gasteiger partial charge on any atom is 0.489 e. The highest BCUT2D eigenvalue weighted by Crippen LogP contribution is 2.34. The number of rotatable bonds is 2. The van der Waals surface area contributed by atoms with Crippen LogP contribution in [0.15, 0.2) is 89.3 Å². The minimum atomic E-state index is -1.54. The summed E-state index contributed by atoms with van der Waals surface area (Å²) >= 11 is 0. The van der Waals surface area contributed by atoms with Crippen LogP contribution in [0.4, 0.5) is 0 Å². The standard InChI is InChI=1S/C24H16BNO3/c27-25(28)19-8-5-11-22-24(19)18-13-12-15(14-23(18)29-22)26-20-9-3-1-6-16(20)17-7-2-4-10-21(17)26/h1-14,27-28H. The summed E-state index contributed by atoms with van der Waals surface area (Å²) in [6.07, 6.45) is 0. The molecule has 0 unspecified atom stereocenters. The second kappa shape index (κ2) is 5.98. The first-order valence-corrected chi connectivity index (χ1v) is 9.52. The molecule has 138 valence electrons. The zero-order valence-corrected chi connectivity index (χ0v) is 15.4. The molecule has 0 fully saturated rings. The van der Waals surface area contributed by atoms with E-state index >= 15 is 0 Å². The van der Waals surface area contributed by atoms with Crippen LogP contribution in [0.3, 0.4) is 0 Å². The van der Waals surface area contributed by atoms with E-state index in [1.165, 1.54) is 10.8 Å². The molecule has 6 rings (SSSR count). The van der Waals surface area contributed by atoms with Crippen molar-refractivity contribution in [2.75, 3.05) is 0 Å². The Hall–Kier alpha value is -3.54. The van der Waals surface area contributed by atoms with Crippen molar-refractivity contribution >= 4 is 56.3 Å². The van der Waals surface area contributed by atoms with Crippen molar-refractivity contribution in [1.29, 1.82) is 0 Å². The molecular weight excluding hydrogens is 361 g/mol. The van der Waals surface area contributed by atoms with E-state index in [2.05, 4.69) is 47.0 Å². The first kappa shape index (κ1) is 16.4. The molecule has 0 bridgehead atoms. The average molecular weight is 377 g/mol. The Morgan fingerprint density at radius 2 is 1.34 bits per heavy atom. The molecule has 4 nitrogen and oxygen atoms in total. The number of fused-ring (bicyclic) bond motifs is 6. The monoisotopic (exact) mass is 377 g/mol. The number of hydrogen-bond acceptors (Lipinski definition) is 3. The van der Waals surface area contributed by atoms with Gasteiger partial charge >= 0.3 is 7.12 Å². The van der Waals surface area contributed by atoms with E-state index in [1.807, 2.05) is 30.3 Å². The van der Waals surface area contributed by atoms with Crippen molar-refractivity contribution in [2.24, 2.45) is 0 Å². The van der Waals surface area contributed by atoms with Gasteiger partial charge in [0.2, 0.25) is 0 Å². The van der Waals surface area contributed by atoms with Crippen molar-refractivity contribution in [3.63, 3.8) is 0 Å². The summed E-state index contributed by atoms with van der Waals surface area (Å²) in [7, 11) is -1.54. The maximum absolute atomic E-state index is 9.75. The lowest BCUT2D eigenvalue weighted by Crippen LogP contribution is -2.30. The fraction of sp³-hybridized carbons (Fsp3) is 0. The third-order valence-corrected chi connectivity index (χ3v) is 5.63. The Labute approximate surface area is 166 Å². The summed E-state index contributed by atoms with van der Waals surface area (Å²) < 4.78 is 8.31. The predicted molar refractivity (Wildman–Crippen MR) is 118 cm³/mol. The van der Waals surface area contributed by atoms with E-state index in [4.69, 9.17) is 4.42 Å². The first-order chi connectivity index (χ1) is 14.2. The number of hydrogen-bond donors (Lipinski definition) is 2. The van der Waals surface area contributed by atoms with Crippen molar-refractivity contribution in [2.45, 2.75) is 0 Å². The highest BCUT2D eigenvalue weighted by atomic mass is 16.4. The Morgan fingerprint density at radius 1 is 0.655 bits per heavy atom. The molecule has 0 saturated carbocycles. The largest absolute Gasteiger partial charge is 0.489 e. The Bertz CT molecular complexity index is 1490. The van der Waals surface area contributed by atoms with Crippen LogP contribution in [-0.4, -0.2) is 21.7 Å². The van der Waals surface area contributed by atoms with Gasteiger partial charge in [0.05, 0.1) is 11.0 Å². The Balaban J connectivity index is 1.69. The molecule has 0 spiro atoms. The van der Waals surface area contributed by atoms with Crippen LogP contribution >= 0.6 is 0 Å². The molecule has 0 aliphatic rings. The van der Waals surface area contributed by atoms with Crippen LogP contribution < -0.4 is 5.46 Å². The van der Waals surface area contributed by atoms with Crippen molar-refractivity contribution in [3.05, 3.63) is 84.9 Å². The molecule has 2 N–H and O–H groups in total. The van der Waals surface area contributed by atoms with Crippen LogP contribution in [0.1, 0.15) is 0 Å². The highest BCUT2D eigenvalue weighted by Gasteiger charge is 2.20. The Kier molecular flexibility index (Phi) is 3.39. The number of para-hydroxylation sites is 2. The van der Waals surface area contributed by atoms with E-state index in [0.29, 0.717) is 16.6 Å². The number of aromatic nitrogens is 1. The second-order valence-electron chi connectivity index (χ2n) is 7.25. The van der Waals surface area contributed by atoms with E-state index in [9.17, 15) is 10.0 Å². The van der Waals surface area contributed by atoms with Crippen molar-refractivity contribution in [3.8, 4) is 5.69 Å². The fourth-order valence-corrected chi connectivity index (χ4v) is 4.40. The van der Waals surface area contributed by atoms with Gasteiger partial charge in [0.25, 0.3) is 0 Å². The van der Waals surface area contributed by atoms with Gasteiger partial charge in [-0.3, -0.25) is 0 Å². The fourth-order valence-electron chi connectivity index (χ4n) is 4.40. The van der Waals surface area contributed by atoms with Gasteiger partial charge in [-0.1, -0.05) is 48.5 Å². The predicted octanol–water partition coefficient (Wildman–Crippen LogP) is 4.36. The lowest BCUT2D eigenvalue weighted by Gasteiger charge is -2.07. The van der Waals surface area contributed by atoms with Crippen LogP contribution in [0.5, 0.6) is 0 Å². The van der Waals surface area contributed by atoms with Gasteiger partial charge in [-0.05, 0) is 35.8 Å². The number of furan rings is 1. The zero-order valence-electron chi connectivity index (χ0n) is 15.4. The summed E-state index contributed by atoms with van der Waals surface area (Å²) in [5.41, 5.74) is 5.08. The first-order valence-electron chi connectivity index (χ1n) is 9.52. The molecule has 2 heterocycles. The molecule has 0 atom stereocenters. The van der Waals surface area contributed by atoms with E-state index in [0.717, 1.165) is 27.5 Å². The van der Waals surface area contributed by atoms with Gasteiger partial charge in [-0.2, -0.15) is 0 Å². The van der Waals surface area contributed by atoms with Crippen molar-refractivity contribution < 1.29 is 14.5 Å². The quantitative estimate of drug-likeness (QED) is 0.441. The molecule has 2 aromatic heterocycles. The third-order valence-electron chi connectivity index (χ3n) is 5.63. The normalized spacial score (nSPS) is 11.8. The van der Waals surface area contributed by atoms with Crippen LogP contribution in [0.25, 0.3) is 49.4 Å². The van der Waals surface area contributed by atoms with Gasteiger partial charge in [-0.15, -0.1) is 0 Å². The minimum absolute atomic E-state index is 0.450. The van der Waals surface area contributed by atoms with E-state index < -0.39 is 7.12 Å². The van der Waals surface area contributed by atoms with E-state index in [-0.39, 0.29) is 0 Å². The molecule has 5 heteroatoms. The van der Waals surface area contributed by atoms with Gasteiger partial charge in [0.15, 0.2) is 0 Å². The summed E-state index contributed by atoms with van der Waals surface area (Å²) in [4.78, 5) is 0. The molecule has 0 amide bonds. The zero-order chi connectivity index (χ0) is 19.5. The summed E-state index contributed by atoms with van der Waals surface area (Å²) in [5, 5.41) is 23.5. The summed E-state index contributed by atoms with van der Waals surface area (Å²) in [6, 6.07) is 28.1. The molecule has 0 radical (unpaired) electrons. The maximum atomic E-state index is 9.75. The van der Waals surface area contributed by atoms with Gasteiger partial charge in [-0.25, -0.2) is 0 Å². The average Bonchev–Trinajstić information content (AvgIpc) is 3.28. The SMILES string of the molecule is OB(O)c1cccc2oc3cc(-n4c5ccccc5c5ccccc54)ccc3c12. The summed E-state index contributed by atoms with van der Waals surface area (Å²) in [5.74, 6) is 0. The third kappa shape index (κ3) is 2.29. The topological polar surface area (TPSA) is 58.5 Å². The molecule has 6 aromatic rings. The molecule has 0 aliphatic carbocycles. The van der Waals surface area contributed by atoms with Crippen LogP contribution in [0.2, 0.25) is 0 Å². The lowest BCUT2D eigenvalue weighted by molar-refractivity contribution is 0.426. The van der Waals surface area contributed by atoms with Gasteiger partial charge < -0.3 is 19.0 Å². The molecule has 4 aromatic carbocycles. The van der Waals surface area contributed by atoms with Crippen LogP contribution in [0, 0.1) is 0 Å². The minimum Gasteiger partial charge on any atom is -0.456 e. The summed E-state index contributed by atoms with van der Waals surface area (Å²) in [6.45, 7) is 0. The van der Waals surface area contributed by atoms with Gasteiger partial charge in [0.1, 0.15) is 11.2 Å². The molecule has 0 aliphatic heterocycles. The lowest BCUT2D eigenvalue weighted by atomic mass is 9.77. The van der Waals surface area contributed by atoms with Crippen LogP contribution in [-0.2, 0) is 0 Å². The van der Waals surface area contributed by atoms with Crippen molar-refractivity contribution in [1.82, 2.24) is 4.57 Å². The smallest absolute Gasteiger partial charge is 0.456 e. The molecule has 29 heavy (non-hydrogen) atoms. The number of nitrogens with zero attached hydrogens (tertiary/aromatic N) is 1. The van der Waals surface area contributed by atoms with Gasteiger partial charge in [0, 0.05) is 33.3 Å². The molecule has 0 saturated heterocycles.